The first-order valence-corrected chi connectivity index (χ1v) is 7.59. The number of hydrogen-bond donors (Lipinski definition) is 2. The molecule has 0 bridgehead atoms. The molecule has 0 saturated carbocycles. The molecule has 5 nitrogen and oxygen atoms in total. The zero-order chi connectivity index (χ0) is 17.7. The molecule has 0 fully saturated rings. The van der Waals surface area contributed by atoms with Crippen LogP contribution in [0.15, 0.2) is 48.5 Å². The molecule has 0 spiro atoms. The van der Waals surface area contributed by atoms with Gasteiger partial charge in [0.15, 0.2) is 0 Å². The minimum absolute atomic E-state index is 0.158. The van der Waals surface area contributed by atoms with Gasteiger partial charge < -0.3 is 15.2 Å². The number of carboxylic acid groups (broad SMARTS) is 1. The molecule has 0 aliphatic rings. The van der Waals surface area contributed by atoms with Crippen molar-refractivity contribution in [2.24, 2.45) is 0 Å². The van der Waals surface area contributed by atoms with E-state index in [2.05, 4.69) is 5.32 Å². The van der Waals surface area contributed by atoms with Crippen LogP contribution in [0.2, 0.25) is 0 Å². The highest BCUT2D eigenvalue weighted by Gasteiger charge is 2.22. The maximum atomic E-state index is 12.2. The van der Waals surface area contributed by atoms with Crippen molar-refractivity contribution < 1.29 is 19.4 Å². The second-order valence-corrected chi connectivity index (χ2v) is 6.18. The highest BCUT2D eigenvalue weighted by molar-refractivity contribution is 5.95. The van der Waals surface area contributed by atoms with Crippen LogP contribution < -0.4 is 10.1 Å². The molecular weight excluding hydrogens is 306 g/mol. The standard InChI is InChI=1S/C19H21NO4/c1-19(2,15-8-10-16(24-3)11-9-15)12-20-17(21)13-4-6-14(7-5-13)18(22)23/h4-11H,12H2,1-3H3,(H,20,21)(H,22,23). The van der Waals surface area contributed by atoms with Gasteiger partial charge in [0.2, 0.25) is 0 Å². The van der Waals surface area contributed by atoms with Gasteiger partial charge in [-0.2, -0.15) is 0 Å². The Morgan fingerprint density at radius 1 is 1.00 bits per heavy atom. The third-order valence-electron chi connectivity index (χ3n) is 3.96. The number of carbonyl (C=O) groups excluding carboxylic acids is 1. The van der Waals surface area contributed by atoms with E-state index in [9.17, 15) is 9.59 Å². The normalized spacial score (nSPS) is 11.0. The van der Waals surface area contributed by atoms with Gasteiger partial charge in [0.1, 0.15) is 5.75 Å². The first kappa shape index (κ1) is 17.5. The molecule has 0 aliphatic heterocycles. The van der Waals surface area contributed by atoms with Crippen LogP contribution in [-0.2, 0) is 5.41 Å². The first-order valence-electron chi connectivity index (χ1n) is 7.59. The zero-order valence-electron chi connectivity index (χ0n) is 14.0. The van der Waals surface area contributed by atoms with Gasteiger partial charge in [-0.15, -0.1) is 0 Å². The van der Waals surface area contributed by atoms with Crippen LogP contribution in [0.5, 0.6) is 5.75 Å². The molecule has 126 valence electrons. The van der Waals surface area contributed by atoms with Crippen molar-refractivity contribution in [2.45, 2.75) is 19.3 Å². The van der Waals surface area contributed by atoms with Gasteiger partial charge in [-0.1, -0.05) is 26.0 Å². The summed E-state index contributed by atoms with van der Waals surface area (Å²) in [6.45, 7) is 4.55. The van der Waals surface area contributed by atoms with E-state index in [1.807, 2.05) is 38.1 Å². The Bertz CT molecular complexity index is 718. The minimum Gasteiger partial charge on any atom is -0.497 e. The molecule has 0 aliphatic carbocycles. The first-order chi connectivity index (χ1) is 11.3. The highest BCUT2D eigenvalue weighted by Crippen LogP contribution is 2.24. The van der Waals surface area contributed by atoms with Crippen molar-refractivity contribution in [3.05, 3.63) is 65.2 Å². The quantitative estimate of drug-likeness (QED) is 0.855. The molecule has 0 aromatic heterocycles. The smallest absolute Gasteiger partial charge is 0.335 e. The number of benzene rings is 2. The summed E-state index contributed by atoms with van der Waals surface area (Å²) in [4.78, 5) is 23.1. The molecule has 0 radical (unpaired) electrons. The minimum atomic E-state index is -1.01. The van der Waals surface area contributed by atoms with Gasteiger partial charge in [0.05, 0.1) is 12.7 Å². The number of ether oxygens (including phenoxy) is 1. The predicted octanol–water partition coefficient (Wildman–Crippen LogP) is 3.10. The molecule has 1 amide bonds. The molecule has 0 saturated heterocycles. The fraction of sp³-hybridized carbons (Fsp3) is 0.263. The molecular formula is C19H21NO4. The second kappa shape index (κ2) is 7.17. The number of hydrogen-bond acceptors (Lipinski definition) is 3. The lowest BCUT2D eigenvalue weighted by Gasteiger charge is -2.26. The number of carbonyl (C=O) groups is 2. The van der Waals surface area contributed by atoms with Crippen molar-refractivity contribution in [3.63, 3.8) is 0 Å². The van der Waals surface area contributed by atoms with Crippen molar-refractivity contribution in [3.8, 4) is 5.75 Å². The van der Waals surface area contributed by atoms with E-state index < -0.39 is 5.97 Å². The Balaban J connectivity index is 2.02. The summed E-state index contributed by atoms with van der Waals surface area (Å²) < 4.78 is 5.15. The fourth-order valence-electron chi connectivity index (χ4n) is 2.31. The molecule has 24 heavy (non-hydrogen) atoms. The molecule has 2 aromatic rings. The second-order valence-electron chi connectivity index (χ2n) is 6.18. The van der Waals surface area contributed by atoms with Crippen LogP contribution in [0.3, 0.4) is 0 Å². The molecule has 0 atom stereocenters. The lowest BCUT2D eigenvalue weighted by Crippen LogP contribution is -2.36. The summed E-state index contributed by atoms with van der Waals surface area (Å²) in [5.41, 5.74) is 1.43. The predicted molar refractivity (Wildman–Crippen MR) is 91.8 cm³/mol. The van der Waals surface area contributed by atoms with Gasteiger partial charge in [-0.3, -0.25) is 4.79 Å². The van der Waals surface area contributed by atoms with Crippen LogP contribution in [-0.4, -0.2) is 30.6 Å². The SMILES string of the molecule is COc1ccc(C(C)(C)CNC(=O)c2ccc(C(=O)O)cc2)cc1. The summed E-state index contributed by atoms with van der Waals surface area (Å²) >= 11 is 0. The summed E-state index contributed by atoms with van der Waals surface area (Å²) in [5.74, 6) is -0.451. The zero-order valence-corrected chi connectivity index (χ0v) is 14.0. The average Bonchev–Trinajstić information content (AvgIpc) is 2.60. The van der Waals surface area contributed by atoms with Crippen molar-refractivity contribution in [2.75, 3.05) is 13.7 Å². The summed E-state index contributed by atoms with van der Waals surface area (Å²) in [6.07, 6.45) is 0. The fourth-order valence-corrected chi connectivity index (χ4v) is 2.31. The molecule has 2 rings (SSSR count). The van der Waals surface area contributed by atoms with E-state index in [4.69, 9.17) is 9.84 Å². The molecule has 2 aromatic carbocycles. The van der Waals surface area contributed by atoms with Crippen LogP contribution in [0, 0.1) is 0 Å². The van der Waals surface area contributed by atoms with Crippen molar-refractivity contribution in [1.29, 1.82) is 0 Å². The summed E-state index contributed by atoms with van der Waals surface area (Å²) in [6, 6.07) is 13.6. The van der Waals surface area contributed by atoms with Crippen LogP contribution in [0.25, 0.3) is 0 Å². The number of carboxylic acids is 1. The van der Waals surface area contributed by atoms with Crippen LogP contribution in [0.4, 0.5) is 0 Å². The van der Waals surface area contributed by atoms with E-state index in [1.54, 1.807) is 7.11 Å². The number of aromatic carboxylic acids is 1. The number of methoxy groups -OCH3 is 1. The Morgan fingerprint density at radius 2 is 1.54 bits per heavy atom. The van der Waals surface area contributed by atoms with Crippen molar-refractivity contribution >= 4 is 11.9 Å². The molecule has 0 heterocycles. The number of rotatable bonds is 6. The Morgan fingerprint density at radius 3 is 2.04 bits per heavy atom. The largest absolute Gasteiger partial charge is 0.497 e. The van der Waals surface area contributed by atoms with Gasteiger partial charge in [-0.05, 0) is 42.0 Å². The third kappa shape index (κ3) is 4.13. The van der Waals surface area contributed by atoms with E-state index in [1.165, 1.54) is 24.3 Å². The van der Waals surface area contributed by atoms with E-state index >= 15 is 0 Å². The van der Waals surface area contributed by atoms with E-state index in [0.29, 0.717) is 12.1 Å². The van der Waals surface area contributed by atoms with Crippen LogP contribution in [0.1, 0.15) is 40.1 Å². The number of amides is 1. The Hall–Kier alpha value is -2.82. The third-order valence-corrected chi connectivity index (χ3v) is 3.96. The molecule has 0 unspecified atom stereocenters. The maximum Gasteiger partial charge on any atom is 0.335 e. The molecule has 5 heteroatoms. The average molecular weight is 327 g/mol. The number of nitrogens with one attached hydrogen (secondary N) is 1. The lowest BCUT2D eigenvalue weighted by molar-refractivity contribution is 0.0696. The maximum absolute atomic E-state index is 12.2. The van der Waals surface area contributed by atoms with Crippen LogP contribution >= 0.6 is 0 Å². The van der Waals surface area contributed by atoms with Gasteiger partial charge in [0.25, 0.3) is 5.91 Å². The Kier molecular flexibility index (Phi) is 5.24. The lowest BCUT2D eigenvalue weighted by atomic mass is 9.84. The summed E-state index contributed by atoms with van der Waals surface area (Å²) in [5, 5.41) is 11.8. The van der Waals surface area contributed by atoms with Gasteiger partial charge in [0, 0.05) is 17.5 Å². The van der Waals surface area contributed by atoms with Gasteiger partial charge in [-0.25, -0.2) is 4.79 Å². The highest BCUT2D eigenvalue weighted by atomic mass is 16.5. The Labute approximate surface area is 141 Å². The summed E-state index contributed by atoms with van der Waals surface area (Å²) in [7, 11) is 1.62. The van der Waals surface area contributed by atoms with Crippen molar-refractivity contribution in [1.82, 2.24) is 5.32 Å². The topological polar surface area (TPSA) is 75.6 Å². The molecule has 2 N–H and O–H groups in total. The van der Waals surface area contributed by atoms with Gasteiger partial charge >= 0.3 is 5.97 Å². The monoisotopic (exact) mass is 327 g/mol. The van der Waals surface area contributed by atoms with E-state index in [-0.39, 0.29) is 16.9 Å². The van der Waals surface area contributed by atoms with E-state index in [0.717, 1.165) is 11.3 Å².